The van der Waals surface area contributed by atoms with Crippen LogP contribution in [0.15, 0.2) is 28.9 Å². The van der Waals surface area contributed by atoms with Crippen LogP contribution in [-0.2, 0) is 22.5 Å². The highest BCUT2D eigenvalue weighted by Crippen LogP contribution is 2.62. The van der Waals surface area contributed by atoms with E-state index in [1.54, 1.807) is 6.26 Å². The summed E-state index contributed by atoms with van der Waals surface area (Å²) in [5.74, 6) is 1.62. The first-order valence-corrected chi connectivity index (χ1v) is 9.88. The monoisotopic (exact) mass is 359 g/mol. The number of esters is 1. The molecule has 0 aliphatic heterocycles. The number of rotatable bonds is 5. The second-order valence-corrected chi connectivity index (χ2v) is 8.68. The van der Waals surface area contributed by atoms with Crippen molar-refractivity contribution in [2.45, 2.75) is 65.3 Å². The molecule has 0 amide bonds. The highest BCUT2D eigenvalue weighted by molar-refractivity contribution is 5.77. The van der Waals surface area contributed by atoms with Crippen molar-refractivity contribution in [2.75, 3.05) is 7.11 Å². The van der Waals surface area contributed by atoms with Crippen LogP contribution < -0.4 is 5.73 Å². The fourth-order valence-electron chi connectivity index (χ4n) is 6.03. The third-order valence-corrected chi connectivity index (χ3v) is 7.40. The maximum Gasteiger partial charge on any atom is 0.311 e. The average Bonchev–Trinajstić information content (AvgIpc) is 3.07. The Morgan fingerprint density at radius 2 is 2.19 bits per heavy atom. The topological polar surface area (TPSA) is 65.5 Å². The number of methoxy groups -OCH3 is 1. The van der Waals surface area contributed by atoms with E-state index in [-0.39, 0.29) is 16.8 Å². The van der Waals surface area contributed by atoms with E-state index in [0.717, 1.165) is 50.7 Å². The predicted molar refractivity (Wildman–Crippen MR) is 102 cm³/mol. The van der Waals surface area contributed by atoms with Gasteiger partial charge in [-0.2, -0.15) is 0 Å². The largest absolute Gasteiger partial charge is 0.469 e. The molecular formula is C22H33NO3. The van der Waals surface area contributed by atoms with Crippen molar-refractivity contribution in [3.8, 4) is 0 Å². The lowest BCUT2D eigenvalue weighted by Gasteiger charge is -2.57. The van der Waals surface area contributed by atoms with Crippen LogP contribution in [0.4, 0.5) is 0 Å². The van der Waals surface area contributed by atoms with Crippen LogP contribution in [-0.4, -0.2) is 13.1 Å². The molecule has 1 aromatic rings. The Hall–Kier alpha value is -1.55. The number of allylic oxidation sites excluding steroid dienone is 1. The molecule has 0 unspecified atom stereocenters. The summed E-state index contributed by atoms with van der Waals surface area (Å²) < 4.78 is 10.7. The molecule has 2 aliphatic rings. The zero-order valence-electron chi connectivity index (χ0n) is 16.5. The summed E-state index contributed by atoms with van der Waals surface area (Å²) in [4.78, 5) is 12.6. The second-order valence-electron chi connectivity index (χ2n) is 8.68. The molecule has 4 atom stereocenters. The second kappa shape index (κ2) is 7.22. The lowest BCUT2D eigenvalue weighted by atomic mass is 9.46. The molecule has 0 aromatic carbocycles. The summed E-state index contributed by atoms with van der Waals surface area (Å²) in [6.45, 7) is 9.36. The maximum absolute atomic E-state index is 12.6. The minimum Gasteiger partial charge on any atom is -0.469 e. The molecule has 144 valence electrons. The summed E-state index contributed by atoms with van der Waals surface area (Å²) >= 11 is 0. The van der Waals surface area contributed by atoms with Crippen LogP contribution in [0.25, 0.3) is 0 Å². The Balaban J connectivity index is 1.85. The number of furan rings is 1. The molecule has 0 spiro atoms. The van der Waals surface area contributed by atoms with Crippen LogP contribution >= 0.6 is 0 Å². The van der Waals surface area contributed by atoms with Gasteiger partial charge in [0.05, 0.1) is 25.3 Å². The molecule has 4 heteroatoms. The van der Waals surface area contributed by atoms with Gasteiger partial charge in [0.15, 0.2) is 0 Å². The third-order valence-electron chi connectivity index (χ3n) is 7.40. The first-order valence-electron chi connectivity index (χ1n) is 9.88. The van der Waals surface area contributed by atoms with Gasteiger partial charge in [-0.3, -0.25) is 4.79 Å². The number of fused-ring (bicyclic) bond motifs is 1. The van der Waals surface area contributed by atoms with Crippen molar-refractivity contribution in [2.24, 2.45) is 28.4 Å². The first kappa shape index (κ1) is 19.2. The Bertz CT molecular complexity index is 679. The van der Waals surface area contributed by atoms with Crippen molar-refractivity contribution >= 4 is 5.97 Å². The highest BCUT2D eigenvalue weighted by atomic mass is 16.5. The SMILES string of the molecule is C=C1CC[C@@H]2[C@](C)(CCC[C@]2(C)C(=O)OC)[C@H]1CCc1ccoc1CN. The fourth-order valence-corrected chi connectivity index (χ4v) is 6.03. The normalized spacial score (nSPS) is 34.4. The van der Waals surface area contributed by atoms with E-state index in [2.05, 4.69) is 20.4 Å². The summed E-state index contributed by atoms with van der Waals surface area (Å²) in [6.07, 6.45) is 8.92. The lowest BCUT2D eigenvalue weighted by Crippen LogP contribution is -2.53. The predicted octanol–water partition coefficient (Wildman–Crippen LogP) is 4.62. The Morgan fingerprint density at radius 3 is 2.88 bits per heavy atom. The highest BCUT2D eigenvalue weighted by Gasteiger charge is 2.57. The maximum atomic E-state index is 12.6. The van der Waals surface area contributed by atoms with Crippen molar-refractivity contribution in [1.29, 1.82) is 0 Å². The summed E-state index contributed by atoms with van der Waals surface area (Å²) in [5, 5.41) is 0. The molecule has 1 heterocycles. The number of ether oxygens (including phenoxy) is 1. The van der Waals surface area contributed by atoms with E-state index in [9.17, 15) is 4.79 Å². The number of carbonyl (C=O) groups is 1. The van der Waals surface area contributed by atoms with E-state index in [4.69, 9.17) is 14.9 Å². The van der Waals surface area contributed by atoms with E-state index in [1.165, 1.54) is 18.2 Å². The van der Waals surface area contributed by atoms with Crippen molar-refractivity contribution in [3.63, 3.8) is 0 Å². The number of hydrogen-bond acceptors (Lipinski definition) is 4. The smallest absolute Gasteiger partial charge is 0.311 e. The molecule has 4 nitrogen and oxygen atoms in total. The molecule has 0 saturated heterocycles. The lowest BCUT2D eigenvalue weighted by molar-refractivity contribution is -0.168. The van der Waals surface area contributed by atoms with Gasteiger partial charge in [0, 0.05) is 0 Å². The molecule has 0 radical (unpaired) electrons. The average molecular weight is 360 g/mol. The molecule has 26 heavy (non-hydrogen) atoms. The van der Waals surface area contributed by atoms with E-state index < -0.39 is 0 Å². The summed E-state index contributed by atoms with van der Waals surface area (Å²) in [7, 11) is 1.52. The van der Waals surface area contributed by atoms with E-state index in [1.807, 2.05) is 6.07 Å². The van der Waals surface area contributed by atoms with E-state index in [0.29, 0.717) is 18.4 Å². The van der Waals surface area contributed by atoms with Gasteiger partial charge in [-0.1, -0.05) is 25.5 Å². The van der Waals surface area contributed by atoms with Gasteiger partial charge in [0.1, 0.15) is 5.76 Å². The van der Waals surface area contributed by atoms with Crippen LogP contribution in [0.5, 0.6) is 0 Å². The van der Waals surface area contributed by atoms with Gasteiger partial charge in [-0.05, 0) is 74.3 Å². The molecule has 2 N–H and O–H groups in total. The molecule has 2 saturated carbocycles. The van der Waals surface area contributed by atoms with Crippen LogP contribution in [0.1, 0.15) is 63.7 Å². The minimum atomic E-state index is -0.376. The van der Waals surface area contributed by atoms with Crippen LogP contribution in [0, 0.1) is 22.7 Å². The van der Waals surface area contributed by atoms with Gasteiger partial charge in [-0.25, -0.2) is 0 Å². The molecule has 2 fully saturated rings. The Kier molecular flexibility index (Phi) is 5.34. The first-order chi connectivity index (χ1) is 12.4. The molecule has 0 bridgehead atoms. The Morgan fingerprint density at radius 1 is 1.42 bits per heavy atom. The van der Waals surface area contributed by atoms with Crippen LogP contribution in [0.3, 0.4) is 0 Å². The van der Waals surface area contributed by atoms with E-state index >= 15 is 0 Å². The summed E-state index contributed by atoms with van der Waals surface area (Å²) in [6, 6.07) is 2.03. The minimum absolute atomic E-state index is 0.0417. The van der Waals surface area contributed by atoms with Crippen molar-refractivity contribution in [1.82, 2.24) is 0 Å². The third kappa shape index (κ3) is 3.02. The van der Waals surface area contributed by atoms with Crippen molar-refractivity contribution in [3.05, 3.63) is 35.8 Å². The standard InChI is InChI=1S/C22H33NO3/c1-15-6-9-19-21(2,11-5-12-22(19,3)20(24)25-4)17(15)8-7-16-10-13-26-18(16)14-23/h10,13,17,19H,1,5-9,11-12,14,23H2,2-4H3/t17-,19+,21+,22-/m0/s1. The zero-order chi connectivity index (χ0) is 18.9. The Labute approximate surface area is 157 Å². The van der Waals surface area contributed by atoms with Crippen LogP contribution in [0.2, 0.25) is 0 Å². The molecular weight excluding hydrogens is 326 g/mol. The van der Waals surface area contributed by atoms with Gasteiger partial charge in [0.2, 0.25) is 0 Å². The number of carbonyl (C=O) groups excluding carboxylic acids is 1. The van der Waals surface area contributed by atoms with Gasteiger partial charge >= 0.3 is 5.97 Å². The molecule has 1 aromatic heterocycles. The zero-order valence-corrected chi connectivity index (χ0v) is 16.5. The van der Waals surface area contributed by atoms with Gasteiger partial charge in [-0.15, -0.1) is 0 Å². The molecule has 2 aliphatic carbocycles. The quantitative estimate of drug-likeness (QED) is 0.615. The van der Waals surface area contributed by atoms with Gasteiger partial charge < -0.3 is 14.9 Å². The van der Waals surface area contributed by atoms with Gasteiger partial charge in [0.25, 0.3) is 0 Å². The number of hydrogen-bond donors (Lipinski definition) is 1. The number of nitrogens with two attached hydrogens (primary N) is 1. The molecule has 3 rings (SSSR count). The summed E-state index contributed by atoms with van der Waals surface area (Å²) in [5.41, 5.74) is 8.06. The number of aryl methyl sites for hydroxylation is 1. The fraction of sp³-hybridized carbons (Fsp3) is 0.682. The van der Waals surface area contributed by atoms with Crippen molar-refractivity contribution < 1.29 is 13.9 Å².